The molecule has 0 spiro atoms. The first-order valence-electron chi connectivity index (χ1n) is 12.3. The molecule has 0 amide bonds. The van der Waals surface area contributed by atoms with Gasteiger partial charge in [-0.05, 0) is 85.9 Å². The van der Waals surface area contributed by atoms with Crippen LogP contribution in [-0.4, -0.2) is 11.8 Å². The lowest BCUT2D eigenvalue weighted by atomic mass is 9.48. The van der Waals surface area contributed by atoms with E-state index in [1.165, 1.54) is 38.5 Å². The van der Waals surface area contributed by atoms with Crippen LogP contribution in [0.25, 0.3) is 0 Å². The van der Waals surface area contributed by atoms with Crippen molar-refractivity contribution >= 4 is 11.8 Å². The van der Waals surface area contributed by atoms with E-state index in [1.54, 1.807) is 0 Å². The van der Waals surface area contributed by atoms with Crippen molar-refractivity contribution in [1.82, 2.24) is 0 Å². The predicted octanol–water partition coefficient (Wildman–Crippen LogP) is 5.41. The highest BCUT2D eigenvalue weighted by Gasteiger charge is 2.59. The summed E-state index contributed by atoms with van der Waals surface area (Å²) < 4.78 is 0. The number of rotatable bonds is 8. The van der Waals surface area contributed by atoms with Crippen LogP contribution in [0.5, 0.6) is 0 Å². The average Bonchev–Trinajstić information content (AvgIpc) is 3.00. The summed E-state index contributed by atoms with van der Waals surface area (Å²) in [5.74, 6) is 3.38. The van der Waals surface area contributed by atoms with Crippen LogP contribution in [0.3, 0.4) is 0 Å². The molecule has 0 aromatic carbocycles. The fourth-order valence-corrected chi connectivity index (χ4v) is 7.98. The number of aliphatic carboxylic acids is 1. The summed E-state index contributed by atoms with van der Waals surface area (Å²) in [6.45, 7) is 11.7. The van der Waals surface area contributed by atoms with Crippen LogP contribution in [0.15, 0.2) is 0 Å². The van der Waals surface area contributed by atoms with Gasteiger partial charge in [0.1, 0.15) is 5.78 Å². The maximum absolute atomic E-state index is 12.9. The molecule has 0 saturated heterocycles. The first kappa shape index (κ1) is 22.8. The lowest BCUT2D eigenvalue weighted by molar-refractivity contribution is -0.306. The summed E-state index contributed by atoms with van der Waals surface area (Å²) in [7, 11) is 0. The molecule has 166 valence electrons. The Morgan fingerprint density at radius 1 is 1.07 bits per heavy atom. The van der Waals surface area contributed by atoms with E-state index in [2.05, 4.69) is 34.6 Å². The van der Waals surface area contributed by atoms with Gasteiger partial charge in [-0.2, -0.15) is 0 Å². The van der Waals surface area contributed by atoms with Crippen molar-refractivity contribution in [3.8, 4) is 0 Å². The van der Waals surface area contributed by atoms with Gasteiger partial charge in [0.25, 0.3) is 0 Å². The third kappa shape index (κ3) is 4.30. The number of carboxylic acids is 1. The monoisotopic (exact) mass is 403 g/mol. The highest BCUT2D eigenvalue weighted by Crippen LogP contribution is 2.65. The fourth-order valence-electron chi connectivity index (χ4n) is 7.98. The Kier molecular flexibility index (Phi) is 6.85. The molecule has 29 heavy (non-hydrogen) atoms. The molecule has 0 aromatic rings. The first-order valence-corrected chi connectivity index (χ1v) is 12.3. The summed E-state index contributed by atoms with van der Waals surface area (Å²) in [6.07, 6.45) is 11.1. The van der Waals surface area contributed by atoms with E-state index in [1.807, 2.05) is 0 Å². The minimum atomic E-state index is -1.02. The van der Waals surface area contributed by atoms with E-state index in [0.29, 0.717) is 41.8 Å². The van der Waals surface area contributed by atoms with Gasteiger partial charge < -0.3 is 9.90 Å². The quantitative estimate of drug-likeness (QED) is 0.545. The lowest BCUT2D eigenvalue weighted by Crippen LogP contribution is -2.52. The number of carbonyl (C=O) groups excluding carboxylic acids is 2. The molecule has 7 atom stereocenters. The molecule has 0 bridgehead atoms. The summed E-state index contributed by atoms with van der Waals surface area (Å²) >= 11 is 0. The van der Waals surface area contributed by atoms with Crippen molar-refractivity contribution in [2.75, 3.05) is 0 Å². The maximum atomic E-state index is 12.9. The van der Waals surface area contributed by atoms with Crippen molar-refractivity contribution < 1.29 is 14.7 Å². The second kappa shape index (κ2) is 8.71. The van der Waals surface area contributed by atoms with Crippen LogP contribution in [0, 0.1) is 46.3 Å². The molecule has 3 heteroatoms. The van der Waals surface area contributed by atoms with Crippen molar-refractivity contribution in [1.29, 1.82) is 0 Å². The number of Topliss-reactive ketones (excluding diaryl/α,β-unsaturated/α-hetero) is 1. The minimum absolute atomic E-state index is 0.0168. The number of carbonyl (C=O) groups is 2. The molecule has 3 fully saturated rings. The average molecular weight is 404 g/mol. The van der Waals surface area contributed by atoms with Crippen LogP contribution in [0.4, 0.5) is 0 Å². The molecule has 3 saturated carbocycles. The van der Waals surface area contributed by atoms with Gasteiger partial charge in [0.15, 0.2) is 0 Å². The second-order valence-electron chi connectivity index (χ2n) is 11.7. The molecule has 0 N–H and O–H groups in total. The molecular formula is C26H43O3-. The number of fused-ring (bicyclic) bond motifs is 3. The van der Waals surface area contributed by atoms with Crippen LogP contribution in [0.2, 0.25) is 0 Å². The zero-order valence-electron chi connectivity index (χ0n) is 19.5. The van der Waals surface area contributed by atoms with E-state index in [4.69, 9.17) is 0 Å². The maximum Gasteiger partial charge on any atom is 0.139 e. The minimum Gasteiger partial charge on any atom is -0.550 e. The summed E-state index contributed by atoms with van der Waals surface area (Å²) in [5.41, 5.74) is -0.0423. The molecule has 0 unspecified atom stereocenters. The highest BCUT2D eigenvalue weighted by atomic mass is 16.4. The normalized spacial score (nSPS) is 40.6. The second-order valence-corrected chi connectivity index (χ2v) is 11.7. The lowest BCUT2D eigenvalue weighted by Gasteiger charge is -2.56. The molecule has 3 aliphatic rings. The molecule has 3 rings (SSSR count). The van der Waals surface area contributed by atoms with Gasteiger partial charge >= 0.3 is 0 Å². The van der Waals surface area contributed by atoms with Crippen molar-refractivity contribution in [2.45, 2.75) is 105 Å². The molecule has 3 aliphatic carbocycles. The molecule has 0 aromatic heterocycles. The third-order valence-electron chi connectivity index (χ3n) is 9.65. The number of carboxylic acid groups (broad SMARTS) is 1. The molecule has 0 heterocycles. The van der Waals surface area contributed by atoms with E-state index in [-0.39, 0.29) is 6.42 Å². The van der Waals surface area contributed by atoms with Gasteiger partial charge in [0, 0.05) is 17.8 Å². The van der Waals surface area contributed by atoms with E-state index in [9.17, 15) is 14.7 Å². The Labute approximate surface area is 178 Å². The van der Waals surface area contributed by atoms with Gasteiger partial charge in [-0.3, -0.25) is 4.79 Å². The Hall–Kier alpha value is -0.860. The van der Waals surface area contributed by atoms with Crippen molar-refractivity contribution in [3.63, 3.8) is 0 Å². The number of ketones is 1. The standard InChI is InChI=1S/C26H44O3/c1-17(2)7-6-8-18(3)20-10-11-21-19-9-12-23(27)26(5,16-14-24(28)29)22(19)13-15-25(20,21)4/h17-22H,6-16H2,1-5H3,(H,28,29)/p-1/t18-,19+,20+,21-,22-,25-,26-/m1/s1. The topological polar surface area (TPSA) is 57.2 Å². The first-order chi connectivity index (χ1) is 13.6. The largest absolute Gasteiger partial charge is 0.550 e. The summed E-state index contributed by atoms with van der Waals surface area (Å²) in [5, 5.41) is 11.1. The Balaban J connectivity index is 1.73. The zero-order chi connectivity index (χ0) is 21.4. The summed E-state index contributed by atoms with van der Waals surface area (Å²) in [6, 6.07) is 0. The van der Waals surface area contributed by atoms with E-state index in [0.717, 1.165) is 30.6 Å². The van der Waals surface area contributed by atoms with Crippen molar-refractivity contribution in [2.24, 2.45) is 46.3 Å². The number of hydrogen-bond acceptors (Lipinski definition) is 3. The predicted molar refractivity (Wildman–Crippen MR) is 115 cm³/mol. The Morgan fingerprint density at radius 3 is 2.45 bits per heavy atom. The molecule has 3 nitrogen and oxygen atoms in total. The van der Waals surface area contributed by atoms with E-state index < -0.39 is 11.4 Å². The molecule has 0 aliphatic heterocycles. The van der Waals surface area contributed by atoms with Crippen LogP contribution >= 0.6 is 0 Å². The van der Waals surface area contributed by atoms with Crippen molar-refractivity contribution in [3.05, 3.63) is 0 Å². The Bertz CT molecular complexity index is 611. The zero-order valence-corrected chi connectivity index (χ0v) is 19.5. The smallest absolute Gasteiger partial charge is 0.139 e. The van der Waals surface area contributed by atoms with Gasteiger partial charge in [-0.25, -0.2) is 0 Å². The highest BCUT2D eigenvalue weighted by molar-refractivity contribution is 5.86. The molecular weight excluding hydrogens is 360 g/mol. The Morgan fingerprint density at radius 2 is 1.79 bits per heavy atom. The third-order valence-corrected chi connectivity index (χ3v) is 9.65. The van der Waals surface area contributed by atoms with Crippen LogP contribution in [0.1, 0.15) is 105 Å². The fraction of sp³-hybridized carbons (Fsp3) is 0.923. The SMILES string of the molecule is CC(C)CCC[C@@H](C)[C@@H]1CC[C@@H]2[C@@H]3CCC(=O)[C@](C)(CCC(=O)[O-])[C@@H]3CC[C@@]21C. The van der Waals surface area contributed by atoms with Gasteiger partial charge in [-0.1, -0.05) is 53.9 Å². The van der Waals surface area contributed by atoms with Gasteiger partial charge in [0.05, 0.1) is 0 Å². The van der Waals surface area contributed by atoms with Crippen LogP contribution in [-0.2, 0) is 9.59 Å². The van der Waals surface area contributed by atoms with Gasteiger partial charge in [0.2, 0.25) is 0 Å². The van der Waals surface area contributed by atoms with Crippen LogP contribution < -0.4 is 5.11 Å². The molecule has 0 radical (unpaired) electrons. The van der Waals surface area contributed by atoms with E-state index >= 15 is 0 Å². The summed E-state index contributed by atoms with van der Waals surface area (Å²) in [4.78, 5) is 24.0. The number of hydrogen-bond donors (Lipinski definition) is 0. The van der Waals surface area contributed by atoms with Gasteiger partial charge in [-0.15, -0.1) is 0 Å².